The maximum Gasteiger partial charge on any atom is 0.256 e. The molecule has 0 aliphatic carbocycles. The maximum atomic E-state index is 13.8. The Labute approximate surface area is 120 Å². The van der Waals surface area contributed by atoms with Gasteiger partial charge in [-0.3, -0.25) is 4.79 Å². The molecule has 1 unspecified atom stereocenters. The van der Waals surface area contributed by atoms with E-state index in [1.165, 1.54) is 12.1 Å². The summed E-state index contributed by atoms with van der Waals surface area (Å²) in [6, 6.07) is 4.37. The zero-order valence-electron chi connectivity index (χ0n) is 12.2. The van der Waals surface area contributed by atoms with Crippen molar-refractivity contribution in [2.24, 2.45) is 5.73 Å². The lowest BCUT2D eigenvalue weighted by Gasteiger charge is -2.25. The average molecular weight is 276 g/mol. The quantitative estimate of drug-likeness (QED) is 0.858. The highest BCUT2D eigenvalue weighted by atomic mass is 19.1. The van der Waals surface area contributed by atoms with E-state index in [9.17, 15) is 9.18 Å². The Balaban J connectivity index is 3.02. The van der Waals surface area contributed by atoms with Gasteiger partial charge in [-0.15, -0.1) is 0 Å². The SMILES string of the molecule is CCCC(C)N(C)C(=O)c1cc(C#CCN)ccc1F. The Morgan fingerprint density at radius 1 is 1.50 bits per heavy atom. The highest BCUT2D eigenvalue weighted by Gasteiger charge is 2.20. The minimum Gasteiger partial charge on any atom is -0.339 e. The van der Waals surface area contributed by atoms with Crippen LogP contribution in [0.15, 0.2) is 18.2 Å². The van der Waals surface area contributed by atoms with Crippen LogP contribution in [0, 0.1) is 17.7 Å². The van der Waals surface area contributed by atoms with Crippen LogP contribution in [-0.4, -0.2) is 30.4 Å². The summed E-state index contributed by atoms with van der Waals surface area (Å²) >= 11 is 0. The zero-order valence-corrected chi connectivity index (χ0v) is 12.2. The first-order chi connectivity index (χ1) is 9.51. The van der Waals surface area contributed by atoms with E-state index in [4.69, 9.17) is 5.73 Å². The topological polar surface area (TPSA) is 46.3 Å². The van der Waals surface area contributed by atoms with Crippen LogP contribution in [0.5, 0.6) is 0 Å². The molecular weight excluding hydrogens is 255 g/mol. The molecule has 2 N–H and O–H groups in total. The van der Waals surface area contributed by atoms with Gasteiger partial charge in [0.05, 0.1) is 12.1 Å². The van der Waals surface area contributed by atoms with Crippen molar-refractivity contribution in [2.75, 3.05) is 13.6 Å². The van der Waals surface area contributed by atoms with Gasteiger partial charge >= 0.3 is 0 Å². The Hall–Kier alpha value is -1.86. The summed E-state index contributed by atoms with van der Waals surface area (Å²) < 4.78 is 13.8. The molecule has 1 rings (SSSR count). The first-order valence-electron chi connectivity index (χ1n) is 6.76. The van der Waals surface area contributed by atoms with E-state index in [0.29, 0.717) is 5.56 Å². The Morgan fingerprint density at radius 3 is 2.80 bits per heavy atom. The summed E-state index contributed by atoms with van der Waals surface area (Å²) in [5.41, 5.74) is 5.95. The summed E-state index contributed by atoms with van der Waals surface area (Å²) in [4.78, 5) is 13.9. The van der Waals surface area contributed by atoms with Crippen LogP contribution >= 0.6 is 0 Å². The van der Waals surface area contributed by atoms with Crippen molar-refractivity contribution in [3.8, 4) is 11.8 Å². The predicted molar refractivity (Wildman–Crippen MR) is 78.8 cm³/mol. The van der Waals surface area contributed by atoms with Crippen molar-refractivity contribution in [3.63, 3.8) is 0 Å². The molecule has 1 atom stereocenters. The summed E-state index contributed by atoms with van der Waals surface area (Å²) in [6.45, 7) is 4.24. The highest BCUT2D eigenvalue weighted by molar-refractivity contribution is 5.94. The minimum absolute atomic E-state index is 0.0549. The van der Waals surface area contributed by atoms with Gasteiger partial charge in [0, 0.05) is 18.7 Å². The molecule has 0 radical (unpaired) electrons. The lowest BCUT2D eigenvalue weighted by molar-refractivity contribution is 0.0732. The fourth-order valence-electron chi connectivity index (χ4n) is 1.92. The van der Waals surface area contributed by atoms with Crippen LogP contribution in [0.4, 0.5) is 4.39 Å². The fraction of sp³-hybridized carbons (Fsp3) is 0.438. The number of rotatable bonds is 4. The third-order valence-electron chi connectivity index (χ3n) is 3.22. The Morgan fingerprint density at radius 2 is 2.20 bits per heavy atom. The lowest BCUT2D eigenvalue weighted by atomic mass is 10.1. The van der Waals surface area contributed by atoms with Crippen LogP contribution in [0.1, 0.15) is 42.6 Å². The molecule has 0 heterocycles. The molecule has 0 bridgehead atoms. The number of halogens is 1. The summed E-state index contributed by atoms with van der Waals surface area (Å²) in [7, 11) is 1.69. The van der Waals surface area contributed by atoms with Gasteiger partial charge in [0.15, 0.2) is 0 Å². The van der Waals surface area contributed by atoms with E-state index < -0.39 is 5.82 Å². The van der Waals surface area contributed by atoms with Gasteiger partial charge in [0.1, 0.15) is 5.82 Å². The number of carbonyl (C=O) groups is 1. The number of hydrogen-bond acceptors (Lipinski definition) is 2. The molecule has 0 aromatic heterocycles. The second-order valence-corrected chi connectivity index (χ2v) is 4.75. The van der Waals surface area contributed by atoms with E-state index in [1.54, 1.807) is 18.0 Å². The van der Waals surface area contributed by atoms with Crippen LogP contribution in [-0.2, 0) is 0 Å². The van der Waals surface area contributed by atoms with Crippen molar-refractivity contribution >= 4 is 5.91 Å². The maximum absolute atomic E-state index is 13.8. The second-order valence-electron chi connectivity index (χ2n) is 4.75. The number of hydrogen-bond donors (Lipinski definition) is 1. The lowest BCUT2D eigenvalue weighted by Crippen LogP contribution is -2.35. The minimum atomic E-state index is -0.524. The fourth-order valence-corrected chi connectivity index (χ4v) is 1.92. The van der Waals surface area contributed by atoms with Crippen molar-refractivity contribution in [1.82, 2.24) is 4.90 Å². The third-order valence-corrected chi connectivity index (χ3v) is 3.22. The molecule has 108 valence electrons. The van der Waals surface area contributed by atoms with Gasteiger partial charge in [-0.1, -0.05) is 25.2 Å². The molecule has 1 aromatic carbocycles. The molecular formula is C16H21FN2O. The number of benzene rings is 1. The first-order valence-corrected chi connectivity index (χ1v) is 6.76. The number of amides is 1. The summed E-state index contributed by atoms with van der Waals surface area (Å²) in [5, 5.41) is 0. The third kappa shape index (κ3) is 4.07. The standard InChI is InChI=1S/C16H21FN2O/c1-4-6-12(2)19(3)16(20)14-11-13(7-5-10-18)8-9-15(14)17/h8-9,11-12H,4,6,10,18H2,1-3H3. The van der Waals surface area contributed by atoms with Crippen LogP contribution < -0.4 is 5.73 Å². The van der Waals surface area contributed by atoms with Crippen molar-refractivity contribution in [2.45, 2.75) is 32.7 Å². The monoisotopic (exact) mass is 276 g/mol. The van der Waals surface area contributed by atoms with Crippen LogP contribution in [0.2, 0.25) is 0 Å². The smallest absolute Gasteiger partial charge is 0.256 e. The number of nitrogens with zero attached hydrogens (tertiary/aromatic N) is 1. The first kappa shape index (κ1) is 16.2. The van der Waals surface area contributed by atoms with E-state index in [0.717, 1.165) is 12.8 Å². The molecule has 0 saturated carbocycles. The Kier molecular flexibility index (Phi) is 6.20. The van der Waals surface area contributed by atoms with Crippen molar-refractivity contribution in [1.29, 1.82) is 0 Å². The normalized spacial score (nSPS) is 11.4. The van der Waals surface area contributed by atoms with E-state index >= 15 is 0 Å². The Bertz CT molecular complexity index is 531. The molecule has 4 heteroatoms. The number of nitrogens with two attached hydrogens (primary N) is 1. The van der Waals surface area contributed by atoms with E-state index in [1.807, 2.05) is 6.92 Å². The largest absolute Gasteiger partial charge is 0.339 e. The molecule has 0 fully saturated rings. The number of carbonyl (C=O) groups excluding carboxylic acids is 1. The van der Waals surface area contributed by atoms with Gasteiger partial charge < -0.3 is 10.6 Å². The van der Waals surface area contributed by atoms with Crippen molar-refractivity contribution < 1.29 is 9.18 Å². The molecule has 20 heavy (non-hydrogen) atoms. The summed E-state index contributed by atoms with van der Waals surface area (Å²) in [6.07, 6.45) is 1.86. The highest BCUT2D eigenvalue weighted by Crippen LogP contribution is 2.15. The molecule has 0 spiro atoms. The van der Waals surface area contributed by atoms with Gasteiger partial charge in [0.25, 0.3) is 5.91 Å². The molecule has 3 nitrogen and oxygen atoms in total. The van der Waals surface area contributed by atoms with Gasteiger partial charge in [-0.2, -0.15) is 0 Å². The van der Waals surface area contributed by atoms with Gasteiger partial charge in [-0.05, 0) is 31.5 Å². The zero-order chi connectivity index (χ0) is 15.1. The molecule has 0 aliphatic heterocycles. The summed E-state index contributed by atoms with van der Waals surface area (Å²) in [5.74, 6) is 4.66. The van der Waals surface area contributed by atoms with E-state index in [-0.39, 0.29) is 24.1 Å². The van der Waals surface area contributed by atoms with Gasteiger partial charge in [0.2, 0.25) is 0 Å². The van der Waals surface area contributed by atoms with Gasteiger partial charge in [-0.25, -0.2) is 4.39 Å². The van der Waals surface area contributed by atoms with Crippen LogP contribution in [0.25, 0.3) is 0 Å². The predicted octanol–water partition coefficient (Wildman–Crippen LogP) is 2.40. The van der Waals surface area contributed by atoms with Crippen LogP contribution in [0.3, 0.4) is 0 Å². The average Bonchev–Trinajstić information content (AvgIpc) is 2.45. The van der Waals surface area contributed by atoms with Crippen molar-refractivity contribution in [3.05, 3.63) is 35.1 Å². The molecule has 1 amide bonds. The molecule has 1 aromatic rings. The molecule has 0 aliphatic rings. The second kappa shape index (κ2) is 7.66. The van der Waals surface area contributed by atoms with E-state index in [2.05, 4.69) is 18.8 Å². The molecule has 0 saturated heterocycles.